The number of fused-ring (bicyclic) bond motifs is 1. The molecule has 0 N–H and O–H groups in total. The summed E-state index contributed by atoms with van der Waals surface area (Å²) >= 11 is 0. The van der Waals surface area contributed by atoms with Crippen LogP contribution in [-0.4, -0.2) is 10.2 Å². The highest BCUT2D eigenvalue weighted by Gasteiger charge is 2.11. The highest BCUT2D eigenvalue weighted by Crippen LogP contribution is 2.31. The highest BCUT2D eigenvalue weighted by molar-refractivity contribution is 6.01. The van der Waals surface area contributed by atoms with E-state index in [1.54, 1.807) is 0 Å². The zero-order chi connectivity index (χ0) is 14.8. The minimum atomic E-state index is 0.927. The van der Waals surface area contributed by atoms with Gasteiger partial charge in [0.25, 0.3) is 0 Å². The molecule has 3 aromatic carbocycles. The summed E-state index contributed by atoms with van der Waals surface area (Å²) < 4.78 is 0. The van der Waals surface area contributed by atoms with Gasteiger partial charge in [-0.05, 0) is 0 Å². The molecule has 0 aliphatic heterocycles. The topological polar surface area (TPSA) is 25.8 Å². The van der Waals surface area contributed by atoms with E-state index in [2.05, 4.69) is 46.6 Å². The van der Waals surface area contributed by atoms with Crippen LogP contribution in [0.4, 0.5) is 0 Å². The third-order valence-electron chi connectivity index (χ3n) is 3.78. The molecular weight excluding hydrogens is 268 g/mol. The third-order valence-corrected chi connectivity index (χ3v) is 3.78. The van der Waals surface area contributed by atoms with Gasteiger partial charge in [-0.2, -0.15) is 0 Å². The van der Waals surface area contributed by atoms with E-state index >= 15 is 0 Å². The van der Waals surface area contributed by atoms with Gasteiger partial charge in [0, 0.05) is 21.9 Å². The summed E-state index contributed by atoms with van der Waals surface area (Å²) in [5, 5.41) is 11.3. The van der Waals surface area contributed by atoms with E-state index in [9.17, 15) is 0 Å². The first-order valence-electron chi connectivity index (χ1n) is 7.30. The van der Waals surface area contributed by atoms with E-state index in [-0.39, 0.29) is 0 Å². The molecular formula is C20H14N2. The lowest BCUT2D eigenvalue weighted by molar-refractivity contribution is 1.06. The van der Waals surface area contributed by atoms with E-state index in [4.69, 9.17) is 0 Å². The van der Waals surface area contributed by atoms with Crippen LogP contribution in [-0.2, 0) is 0 Å². The van der Waals surface area contributed by atoms with Gasteiger partial charge in [-0.1, -0.05) is 84.9 Å². The number of hydrogen-bond donors (Lipinski definition) is 0. The Bertz CT molecular complexity index is 838. The molecule has 0 radical (unpaired) electrons. The second-order valence-corrected chi connectivity index (χ2v) is 5.17. The van der Waals surface area contributed by atoms with Gasteiger partial charge in [-0.3, -0.25) is 0 Å². The molecule has 22 heavy (non-hydrogen) atoms. The summed E-state index contributed by atoms with van der Waals surface area (Å²) in [5.74, 6) is 0. The van der Waals surface area contributed by atoms with Crippen molar-refractivity contribution in [2.45, 2.75) is 0 Å². The molecule has 0 saturated heterocycles. The number of benzene rings is 3. The zero-order valence-corrected chi connectivity index (χ0v) is 12.0. The van der Waals surface area contributed by atoms with Crippen LogP contribution in [0.5, 0.6) is 0 Å². The van der Waals surface area contributed by atoms with Gasteiger partial charge < -0.3 is 0 Å². The monoisotopic (exact) mass is 282 g/mol. The second kappa shape index (κ2) is 5.41. The summed E-state index contributed by atoms with van der Waals surface area (Å²) in [6, 6.07) is 28.7. The van der Waals surface area contributed by atoms with Crippen molar-refractivity contribution < 1.29 is 0 Å². The number of rotatable bonds is 2. The van der Waals surface area contributed by atoms with Crippen molar-refractivity contribution in [1.82, 2.24) is 10.2 Å². The molecule has 0 spiro atoms. The Balaban J connectivity index is 2.01. The Morgan fingerprint density at radius 2 is 0.773 bits per heavy atom. The van der Waals surface area contributed by atoms with Crippen LogP contribution in [0.2, 0.25) is 0 Å². The normalized spacial score (nSPS) is 10.7. The third kappa shape index (κ3) is 2.15. The Labute approximate surface area is 129 Å². The fraction of sp³-hybridized carbons (Fsp3) is 0. The molecule has 0 bridgehead atoms. The number of hydrogen-bond acceptors (Lipinski definition) is 2. The summed E-state index contributed by atoms with van der Waals surface area (Å²) in [4.78, 5) is 0. The molecule has 0 aliphatic carbocycles. The van der Waals surface area contributed by atoms with Crippen molar-refractivity contribution in [3.05, 3.63) is 84.9 Å². The molecule has 1 aromatic heterocycles. The average Bonchev–Trinajstić information content (AvgIpc) is 2.62. The van der Waals surface area contributed by atoms with E-state index in [0.29, 0.717) is 0 Å². The molecule has 1 heterocycles. The van der Waals surface area contributed by atoms with Crippen molar-refractivity contribution in [3.8, 4) is 22.5 Å². The minimum Gasteiger partial charge on any atom is -0.149 e. The molecule has 0 unspecified atom stereocenters. The number of aromatic nitrogens is 2. The minimum absolute atomic E-state index is 0.927. The first-order valence-corrected chi connectivity index (χ1v) is 7.30. The quantitative estimate of drug-likeness (QED) is 0.519. The van der Waals surface area contributed by atoms with Crippen LogP contribution in [0.25, 0.3) is 33.3 Å². The van der Waals surface area contributed by atoms with Gasteiger partial charge in [0.2, 0.25) is 0 Å². The van der Waals surface area contributed by atoms with Crippen LogP contribution in [0.3, 0.4) is 0 Å². The maximum absolute atomic E-state index is 4.50. The molecule has 2 heteroatoms. The molecule has 4 rings (SSSR count). The Hall–Kier alpha value is -3.00. The van der Waals surface area contributed by atoms with Crippen LogP contribution in [0.1, 0.15) is 0 Å². The van der Waals surface area contributed by atoms with Crippen LogP contribution in [0.15, 0.2) is 84.9 Å². The molecule has 0 atom stereocenters. The lowest BCUT2D eigenvalue weighted by Crippen LogP contribution is -1.94. The summed E-state index contributed by atoms with van der Waals surface area (Å²) in [5.41, 5.74) is 4.03. The second-order valence-electron chi connectivity index (χ2n) is 5.17. The highest BCUT2D eigenvalue weighted by atomic mass is 15.1. The van der Waals surface area contributed by atoms with Gasteiger partial charge in [0.1, 0.15) is 11.4 Å². The van der Waals surface area contributed by atoms with E-state index < -0.39 is 0 Å². The Kier molecular flexibility index (Phi) is 3.13. The largest absolute Gasteiger partial charge is 0.149 e. The summed E-state index contributed by atoms with van der Waals surface area (Å²) in [6.45, 7) is 0. The van der Waals surface area contributed by atoms with E-state index in [1.807, 2.05) is 48.5 Å². The van der Waals surface area contributed by atoms with Crippen LogP contribution >= 0.6 is 0 Å². The standard InChI is InChI=1S/C20H14N2/c1-3-9-15(10-4-1)19-17-13-7-8-14-18(17)20(22-21-19)16-11-5-2-6-12-16/h1-14H. The van der Waals surface area contributed by atoms with Crippen molar-refractivity contribution in [2.24, 2.45) is 0 Å². The molecule has 4 aromatic rings. The predicted octanol–water partition coefficient (Wildman–Crippen LogP) is 4.96. The van der Waals surface area contributed by atoms with Gasteiger partial charge >= 0.3 is 0 Å². The first-order chi connectivity index (χ1) is 10.9. The predicted molar refractivity (Wildman–Crippen MR) is 90.4 cm³/mol. The van der Waals surface area contributed by atoms with E-state index in [1.165, 1.54) is 0 Å². The van der Waals surface area contributed by atoms with Crippen molar-refractivity contribution in [2.75, 3.05) is 0 Å². The van der Waals surface area contributed by atoms with Crippen molar-refractivity contribution in [3.63, 3.8) is 0 Å². The average molecular weight is 282 g/mol. The lowest BCUT2D eigenvalue weighted by atomic mass is 10.0. The molecule has 0 amide bonds. The van der Waals surface area contributed by atoms with Gasteiger partial charge in [0.05, 0.1) is 0 Å². The van der Waals surface area contributed by atoms with Crippen molar-refractivity contribution >= 4 is 10.8 Å². The lowest BCUT2D eigenvalue weighted by Gasteiger charge is -2.09. The first kappa shape index (κ1) is 12.7. The van der Waals surface area contributed by atoms with Gasteiger partial charge in [-0.25, -0.2) is 0 Å². The van der Waals surface area contributed by atoms with Crippen LogP contribution in [0, 0.1) is 0 Å². The smallest absolute Gasteiger partial charge is 0.101 e. The zero-order valence-electron chi connectivity index (χ0n) is 12.0. The Morgan fingerprint density at radius 3 is 1.18 bits per heavy atom. The molecule has 0 fully saturated rings. The Morgan fingerprint density at radius 1 is 0.409 bits per heavy atom. The van der Waals surface area contributed by atoms with Gasteiger partial charge in [-0.15, -0.1) is 10.2 Å². The van der Waals surface area contributed by atoms with Gasteiger partial charge in [0.15, 0.2) is 0 Å². The van der Waals surface area contributed by atoms with E-state index in [0.717, 1.165) is 33.3 Å². The fourth-order valence-electron chi connectivity index (χ4n) is 2.72. The fourth-order valence-corrected chi connectivity index (χ4v) is 2.72. The van der Waals surface area contributed by atoms with Crippen LogP contribution < -0.4 is 0 Å². The SMILES string of the molecule is c1ccc(-c2nnc(-c3ccccc3)c3ccccc23)cc1. The molecule has 2 nitrogen and oxygen atoms in total. The summed E-state index contributed by atoms with van der Waals surface area (Å²) in [7, 11) is 0. The molecule has 0 aliphatic rings. The van der Waals surface area contributed by atoms with Crippen molar-refractivity contribution in [1.29, 1.82) is 0 Å². The molecule has 104 valence electrons. The number of nitrogens with zero attached hydrogens (tertiary/aromatic N) is 2. The molecule has 0 saturated carbocycles. The maximum atomic E-state index is 4.50. The summed E-state index contributed by atoms with van der Waals surface area (Å²) in [6.07, 6.45) is 0. The maximum Gasteiger partial charge on any atom is 0.101 e.